The van der Waals surface area contributed by atoms with Gasteiger partial charge < -0.3 is 19.5 Å². The van der Waals surface area contributed by atoms with Gasteiger partial charge in [0.25, 0.3) is 0 Å². The van der Waals surface area contributed by atoms with Crippen LogP contribution in [0.2, 0.25) is 0 Å². The maximum Gasteiger partial charge on any atom is 0.408 e. The number of benzene rings is 1. The molecule has 1 aliphatic rings. The Labute approximate surface area is 179 Å². The molecule has 0 spiro atoms. The molecule has 1 amide bonds. The first-order valence-corrected chi connectivity index (χ1v) is 10.7. The zero-order chi connectivity index (χ0) is 21.5. The van der Waals surface area contributed by atoms with Crippen LogP contribution in [0, 0.1) is 5.92 Å². The van der Waals surface area contributed by atoms with Gasteiger partial charge in [0, 0.05) is 5.38 Å². The summed E-state index contributed by atoms with van der Waals surface area (Å²) in [5, 5.41) is 5.39. The Balaban J connectivity index is 1.63. The second-order valence-electron chi connectivity index (χ2n) is 7.01. The first-order valence-electron chi connectivity index (χ1n) is 9.78. The number of thiazole rings is 1. The van der Waals surface area contributed by atoms with Crippen molar-refractivity contribution in [2.24, 2.45) is 10.9 Å². The fourth-order valence-corrected chi connectivity index (χ4v) is 3.82. The second-order valence-corrected chi connectivity index (χ2v) is 7.90. The van der Waals surface area contributed by atoms with E-state index in [0.29, 0.717) is 23.2 Å². The van der Waals surface area contributed by atoms with Gasteiger partial charge in [0.15, 0.2) is 6.04 Å². The Morgan fingerprint density at radius 2 is 2.03 bits per heavy atom. The normalized spacial score (nSPS) is 16.5. The van der Waals surface area contributed by atoms with Crippen molar-refractivity contribution in [1.29, 1.82) is 0 Å². The summed E-state index contributed by atoms with van der Waals surface area (Å²) in [5.41, 5.74) is 1.45. The third kappa shape index (κ3) is 5.56. The van der Waals surface area contributed by atoms with E-state index in [0.717, 1.165) is 5.56 Å². The maximum atomic E-state index is 12.3. The van der Waals surface area contributed by atoms with E-state index in [2.05, 4.69) is 15.3 Å². The number of hydrogen-bond acceptors (Lipinski definition) is 8. The van der Waals surface area contributed by atoms with Crippen molar-refractivity contribution in [2.75, 3.05) is 13.2 Å². The smallest absolute Gasteiger partial charge is 0.408 e. The number of aliphatic imine (C=N–C) groups is 1. The lowest BCUT2D eigenvalue weighted by Gasteiger charge is -2.20. The number of rotatable bonds is 8. The van der Waals surface area contributed by atoms with Gasteiger partial charge in [-0.15, -0.1) is 11.3 Å². The average Bonchev–Trinajstić information content (AvgIpc) is 3.41. The van der Waals surface area contributed by atoms with E-state index in [1.807, 2.05) is 44.2 Å². The van der Waals surface area contributed by atoms with Crippen molar-refractivity contribution < 1.29 is 23.8 Å². The molecule has 1 aromatic carbocycles. The zero-order valence-electron chi connectivity index (χ0n) is 17.2. The van der Waals surface area contributed by atoms with Crippen molar-refractivity contribution in [2.45, 2.75) is 39.5 Å². The number of aromatic nitrogens is 1. The van der Waals surface area contributed by atoms with Gasteiger partial charge in [0.2, 0.25) is 5.90 Å². The molecule has 0 fully saturated rings. The fraction of sp³-hybridized carbons (Fsp3) is 0.429. The minimum absolute atomic E-state index is 0.0898. The monoisotopic (exact) mass is 431 g/mol. The second kappa shape index (κ2) is 10.2. The molecule has 160 valence electrons. The molecule has 8 nitrogen and oxygen atoms in total. The Morgan fingerprint density at radius 3 is 2.73 bits per heavy atom. The third-order valence-electron chi connectivity index (χ3n) is 4.37. The summed E-state index contributed by atoms with van der Waals surface area (Å²) in [6.45, 7) is 6.35. The van der Waals surface area contributed by atoms with Crippen molar-refractivity contribution in [3.63, 3.8) is 0 Å². The third-order valence-corrected chi connectivity index (χ3v) is 5.30. The van der Waals surface area contributed by atoms with E-state index < -0.39 is 18.1 Å². The van der Waals surface area contributed by atoms with E-state index >= 15 is 0 Å². The summed E-state index contributed by atoms with van der Waals surface area (Å²) < 4.78 is 15.8. The van der Waals surface area contributed by atoms with E-state index in [1.165, 1.54) is 11.3 Å². The van der Waals surface area contributed by atoms with Gasteiger partial charge in [-0.3, -0.25) is 0 Å². The van der Waals surface area contributed by atoms with Crippen LogP contribution >= 0.6 is 11.3 Å². The zero-order valence-corrected chi connectivity index (χ0v) is 18.0. The van der Waals surface area contributed by atoms with Crippen LogP contribution in [0.4, 0.5) is 4.79 Å². The van der Waals surface area contributed by atoms with E-state index in [9.17, 15) is 9.59 Å². The summed E-state index contributed by atoms with van der Waals surface area (Å²) >= 11 is 1.39. The Morgan fingerprint density at radius 1 is 1.27 bits per heavy atom. The number of carbonyl (C=O) groups is 2. The van der Waals surface area contributed by atoms with Crippen LogP contribution in [0.25, 0.3) is 0 Å². The lowest BCUT2D eigenvalue weighted by Crippen LogP contribution is -2.32. The van der Waals surface area contributed by atoms with Gasteiger partial charge in [-0.05, 0) is 18.4 Å². The highest BCUT2D eigenvalue weighted by molar-refractivity contribution is 7.09. The van der Waals surface area contributed by atoms with E-state index in [4.69, 9.17) is 14.2 Å². The molecular weight excluding hydrogens is 406 g/mol. The molecule has 0 saturated heterocycles. The van der Waals surface area contributed by atoms with Crippen LogP contribution in [-0.4, -0.2) is 42.2 Å². The molecule has 30 heavy (non-hydrogen) atoms. The minimum Gasteiger partial charge on any atom is -0.473 e. The Bertz CT molecular complexity index is 897. The van der Waals surface area contributed by atoms with Gasteiger partial charge in [0.1, 0.15) is 23.9 Å². The van der Waals surface area contributed by atoms with Crippen molar-refractivity contribution in [3.05, 3.63) is 52.0 Å². The molecule has 0 bridgehead atoms. The van der Waals surface area contributed by atoms with E-state index in [1.54, 1.807) is 12.3 Å². The molecule has 1 aromatic heterocycles. The highest BCUT2D eigenvalue weighted by atomic mass is 32.1. The van der Waals surface area contributed by atoms with Gasteiger partial charge in [-0.1, -0.05) is 44.2 Å². The molecule has 2 atom stereocenters. The van der Waals surface area contributed by atoms with Crippen molar-refractivity contribution in [3.8, 4) is 0 Å². The highest BCUT2D eigenvalue weighted by Gasteiger charge is 2.30. The fourth-order valence-electron chi connectivity index (χ4n) is 2.81. The standard InChI is InChI=1S/C21H25N3O5S/c1-4-27-20(25)15-11-28-18(22-15)16-12-30-19(23-16)17(13(2)3)24-21(26)29-10-14-8-6-5-7-9-14/h5-9,12-13,15,17H,4,10-11H2,1-3H3,(H,24,26)/t15-,17-/m0/s1. The number of nitrogens with one attached hydrogen (secondary N) is 1. The van der Waals surface area contributed by atoms with Crippen LogP contribution < -0.4 is 5.32 Å². The number of ether oxygens (including phenoxy) is 3. The number of nitrogens with zero attached hydrogens (tertiary/aromatic N) is 2. The molecule has 2 aromatic rings. The van der Waals surface area contributed by atoms with Gasteiger partial charge in [0.05, 0.1) is 12.6 Å². The SMILES string of the molecule is CCOC(=O)[C@@H]1COC(c2csc([C@@H](NC(=O)OCc3ccccc3)C(C)C)n2)=N1. The van der Waals surface area contributed by atoms with Crippen molar-refractivity contribution in [1.82, 2.24) is 10.3 Å². The summed E-state index contributed by atoms with van der Waals surface area (Å²) in [4.78, 5) is 32.9. The van der Waals surface area contributed by atoms with E-state index in [-0.39, 0.29) is 25.2 Å². The first kappa shape index (κ1) is 21.8. The summed E-state index contributed by atoms with van der Waals surface area (Å²) in [6.07, 6.45) is -0.508. The number of alkyl carbamates (subject to hydrolysis) is 1. The van der Waals surface area contributed by atoms with Gasteiger partial charge in [-0.25, -0.2) is 19.6 Å². The van der Waals surface area contributed by atoms with Crippen molar-refractivity contribution >= 4 is 29.3 Å². The van der Waals surface area contributed by atoms with Crippen LogP contribution in [0.5, 0.6) is 0 Å². The Kier molecular flexibility index (Phi) is 7.40. The number of esters is 1. The summed E-state index contributed by atoms with van der Waals surface area (Å²) in [7, 11) is 0. The number of carbonyl (C=O) groups excluding carboxylic acids is 2. The van der Waals surface area contributed by atoms with Crippen LogP contribution in [-0.2, 0) is 25.6 Å². The quantitative estimate of drug-likeness (QED) is 0.643. The molecule has 1 aliphatic heterocycles. The highest BCUT2D eigenvalue weighted by Crippen LogP contribution is 2.26. The molecule has 3 rings (SSSR count). The lowest BCUT2D eigenvalue weighted by molar-refractivity contribution is -0.144. The van der Waals surface area contributed by atoms with Crippen LogP contribution in [0.1, 0.15) is 43.1 Å². The summed E-state index contributed by atoms with van der Waals surface area (Å²) in [5.74, 6) is -0.0115. The Hall–Kier alpha value is -2.94. The molecule has 0 unspecified atom stereocenters. The van der Waals surface area contributed by atoms with Gasteiger partial charge >= 0.3 is 12.1 Å². The molecule has 0 saturated carbocycles. The number of hydrogen-bond donors (Lipinski definition) is 1. The first-order chi connectivity index (χ1) is 14.5. The predicted molar refractivity (Wildman–Crippen MR) is 112 cm³/mol. The largest absolute Gasteiger partial charge is 0.473 e. The molecule has 0 radical (unpaired) electrons. The average molecular weight is 432 g/mol. The van der Waals surface area contributed by atoms with Crippen LogP contribution in [0.3, 0.4) is 0 Å². The lowest BCUT2D eigenvalue weighted by atomic mass is 10.1. The summed E-state index contributed by atoms with van der Waals surface area (Å²) in [6, 6.07) is 8.49. The minimum atomic E-state index is -0.669. The molecule has 2 heterocycles. The topological polar surface area (TPSA) is 99.1 Å². The molecular formula is C21H25N3O5S. The number of amides is 1. The molecule has 0 aliphatic carbocycles. The van der Waals surface area contributed by atoms with Crippen LogP contribution in [0.15, 0.2) is 40.7 Å². The molecule has 9 heteroatoms. The predicted octanol–water partition coefficient (Wildman–Crippen LogP) is 3.48. The maximum absolute atomic E-state index is 12.3. The molecule has 1 N–H and O–H groups in total. The van der Waals surface area contributed by atoms with Gasteiger partial charge in [-0.2, -0.15) is 0 Å².